The Balaban J connectivity index is 1.31. The van der Waals surface area contributed by atoms with Gasteiger partial charge in [-0.2, -0.15) is 5.26 Å². The fourth-order valence-corrected chi connectivity index (χ4v) is 4.87. The number of ether oxygens (including phenoxy) is 1. The lowest BCUT2D eigenvalue weighted by Crippen LogP contribution is -2.18. The summed E-state index contributed by atoms with van der Waals surface area (Å²) in [6.07, 6.45) is 7.05. The number of nitrogens with one attached hydrogen (secondary N) is 1. The summed E-state index contributed by atoms with van der Waals surface area (Å²) in [5.74, 6) is 0.869. The summed E-state index contributed by atoms with van der Waals surface area (Å²) in [6, 6.07) is 14.9. The molecule has 36 heavy (non-hydrogen) atoms. The van der Waals surface area contributed by atoms with Gasteiger partial charge in [-0.3, -0.25) is 5.32 Å². The zero-order valence-corrected chi connectivity index (χ0v) is 19.5. The summed E-state index contributed by atoms with van der Waals surface area (Å²) < 4.78 is 7.33. The molecule has 0 aliphatic heterocycles. The van der Waals surface area contributed by atoms with E-state index in [9.17, 15) is 9.90 Å². The van der Waals surface area contributed by atoms with E-state index in [2.05, 4.69) is 25.9 Å². The molecular weight excluding hydrogens is 456 g/mol. The van der Waals surface area contributed by atoms with Gasteiger partial charge in [0.25, 0.3) is 0 Å². The zero-order valence-electron chi connectivity index (χ0n) is 19.5. The molecule has 2 saturated carbocycles. The first-order chi connectivity index (χ1) is 17.6. The maximum Gasteiger partial charge on any atom is 0.419 e. The number of nitriles is 1. The molecule has 2 unspecified atom stereocenters. The van der Waals surface area contributed by atoms with Crippen molar-refractivity contribution in [3.05, 3.63) is 66.1 Å². The number of aliphatic hydroxyl groups is 1. The van der Waals surface area contributed by atoms with Crippen molar-refractivity contribution in [1.29, 1.82) is 5.26 Å². The zero-order chi connectivity index (χ0) is 24.6. The average Bonchev–Trinajstić information content (AvgIpc) is 3.53. The van der Waals surface area contributed by atoms with Gasteiger partial charge in [0.15, 0.2) is 0 Å². The molecule has 1 aromatic carbocycles. The third-order valence-electron chi connectivity index (χ3n) is 6.86. The number of aromatic nitrogens is 4. The van der Waals surface area contributed by atoms with Crippen molar-refractivity contribution in [2.75, 3.05) is 5.32 Å². The molecule has 0 saturated heterocycles. The van der Waals surface area contributed by atoms with E-state index in [0.717, 1.165) is 60.0 Å². The number of carbonyl (C=O) groups excluding carboxylic acids is 1. The lowest BCUT2D eigenvalue weighted by Gasteiger charge is -2.17. The van der Waals surface area contributed by atoms with E-state index < -0.39 is 6.09 Å². The summed E-state index contributed by atoms with van der Waals surface area (Å²) >= 11 is 0. The Labute approximate surface area is 207 Å². The molecule has 0 radical (unpaired) electrons. The van der Waals surface area contributed by atoms with Crippen LogP contribution in [0.2, 0.25) is 0 Å². The van der Waals surface area contributed by atoms with Crippen molar-refractivity contribution in [3.8, 4) is 23.2 Å². The summed E-state index contributed by atoms with van der Waals surface area (Å²) in [5, 5.41) is 22.2. The molecule has 6 rings (SSSR count). The number of rotatable bonds is 5. The van der Waals surface area contributed by atoms with Crippen LogP contribution in [0.1, 0.15) is 55.2 Å². The van der Waals surface area contributed by atoms with Gasteiger partial charge in [0, 0.05) is 17.8 Å². The molecule has 2 aliphatic rings. The first kappa shape index (κ1) is 22.2. The van der Waals surface area contributed by atoms with E-state index in [-0.39, 0.29) is 18.0 Å². The average molecular weight is 481 g/mol. The molecule has 4 aromatic rings. The second-order valence-electron chi connectivity index (χ2n) is 9.38. The van der Waals surface area contributed by atoms with E-state index in [0.29, 0.717) is 17.3 Å². The van der Waals surface area contributed by atoms with E-state index in [1.165, 1.54) is 18.3 Å². The molecule has 2 atom stereocenters. The highest BCUT2D eigenvalue weighted by Gasteiger charge is 2.28. The van der Waals surface area contributed by atoms with Gasteiger partial charge < -0.3 is 14.4 Å². The van der Waals surface area contributed by atoms with Gasteiger partial charge in [0.05, 0.1) is 46.8 Å². The molecule has 3 heterocycles. The Morgan fingerprint density at radius 1 is 1.11 bits per heavy atom. The molecule has 3 aromatic heterocycles. The summed E-state index contributed by atoms with van der Waals surface area (Å²) in [7, 11) is 0. The van der Waals surface area contributed by atoms with Crippen LogP contribution in [0, 0.1) is 11.3 Å². The number of fused-ring (bicyclic) bond motifs is 1. The summed E-state index contributed by atoms with van der Waals surface area (Å²) in [5.41, 5.74) is 4.92. The van der Waals surface area contributed by atoms with Gasteiger partial charge >= 0.3 is 6.09 Å². The number of nitrogens with zero attached hydrogens (tertiary/aromatic N) is 5. The van der Waals surface area contributed by atoms with Gasteiger partial charge in [-0.15, -0.1) is 0 Å². The van der Waals surface area contributed by atoms with Gasteiger partial charge in [-0.1, -0.05) is 6.07 Å². The lowest BCUT2D eigenvalue weighted by atomic mass is 10.1. The number of imidazole rings is 1. The number of aliphatic hydroxyl groups excluding tert-OH is 1. The Morgan fingerprint density at radius 2 is 2.00 bits per heavy atom. The van der Waals surface area contributed by atoms with Crippen LogP contribution in [-0.4, -0.2) is 36.8 Å². The number of carbonyl (C=O) groups is 1. The molecule has 2 fully saturated rings. The van der Waals surface area contributed by atoms with Crippen molar-refractivity contribution in [2.45, 2.75) is 50.2 Å². The van der Waals surface area contributed by atoms with Crippen LogP contribution < -0.4 is 10.1 Å². The highest BCUT2D eigenvalue weighted by molar-refractivity contribution is 5.86. The molecule has 0 bridgehead atoms. The van der Waals surface area contributed by atoms with Crippen LogP contribution in [0.5, 0.6) is 5.88 Å². The molecule has 180 valence electrons. The second-order valence-corrected chi connectivity index (χ2v) is 9.38. The summed E-state index contributed by atoms with van der Waals surface area (Å²) in [4.78, 5) is 25.8. The summed E-state index contributed by atoms with van der Waals surface area (Å²) in [6.45, 7) is 0. The second kappa shape index (κ2) is 9.06. The first-order valence-electron chi connectivity index (χ1n) is 12.1. The number of anilines is 1. The van der Waals surface area contributed by atoms with E-state index in [1.807, 2.05) is 30.3 Å². The predicted octanol–water partition coefficient (Wildman–Crippen LogP) is 4.94. The lowest BCUT2D eigenvalue weighted by molar-refractivity contribution is 0.138. The Kier molecular flexibility index (Phi) is 5.58. The third kappa shape index (κ3) is 4.39. The smallest absolute Gasteiger partial charge is 0.391 e. The van der Waals surface area contributed by atoms with E-state index in [1.54, 1.807) is 6.33 Å². The van der Waals surface area contributed by atoms with Crippen LogP contribution in [0.4, 0.5) is 10.6 Å². The Hall–Kier alpha value is -4.29. The highest BCUT2D eigenvalue weighted by Crippen LogP contribution is 2.42. The van der Waals surface area contributed by atoms with Gasteiger partial charge in [0.2, 0.25) is 5.88 Å². The minimum Gasteiger partial charge on any atom is -0.391 e. The van der Waals surface area contributed by atoms with Crippen LogP contribution in [-0.2, 0) is 0 Å². The molecule has 9 heteroatoms. The molecule has 1 amide bonds. The number of hydrogen-bond donors (Lipinski definition) is 2. The molecule has 9 nitrogen and oxygen atoms in total. The van der Waals surface area contributed by atoms with Crippen molar-refractivity contribution >= 4 is 22.9 Å². The van der Waals surface area contributed by atoms with Crippen molar-refractivity contribution in [2.24, 2.45) is 0 Å². The van der Waals surface area contributed by atoms with Crippen LogP contribution in [0.15, 0.2) is 55.0 Å². The molecular formula is C27H24N6O3. The molecule has 2 N–H and O–H groups in total. The largest absolute Gasteiger partial charge is 0.419 e. The number of amides is 1. The third-order valence-corrected chi connectivity index (χ3v) is 6.86. The normalized spacial score (nSPS) is 19.2. The van der Waals surface area contributed by atoms with Crippen molar-refractivity contribution in [3.63, 3.8) is 0 Å². The molecule has 2 aliphatic carbocycles. The fourth-order valence-electron chi connectivity index (χ4n) is 4.87. The monoisotopic (exact) mass is 480 g/mol. The van der Waals surface area contributed by atoms with Gasteiger partial charge in [-0.25, -0.2) is 19.7 Å². The maximum atomic E-state index is 12.6. The van der Waals surface area contributed by atoms with Crippen molar-refractivity contribution < 1.29 is 14.6 Å². The quantitative estimate of drug-likeness (QED) is 0.414. The topological polar surface area (TPSA) is 126 Å². The standard InChI is InChI=1S/C27H24N6O3/c28-14-16-8-9-29-26(10-16)36-27(35)32-25-13-19(17-4-5-17)11-21(31-25)18-6-7-20-23(12-18)33(15-30-20)22-2-1-3-24(22)34/h6-13,15,17,22,24,34H,1-5H2,(H,31,32,35). The minimum absolute atomic E-state index is 0.0242. The maximum absolute atomic E-state index is 12.6. The number of pyridine rings is 2. The fraction of sp³-hybridized carbons (Fsp3) is 0.296. The van der Waals surface area contributed by atoms with E-state index in [4.69, 9.17) is 15.0 Å². The highest BCUT2D eigenvalue weighted by atomic mass is 16.6. The number of benzene rings is 1. The first-order valence-corrected chi connectivity index (χ1v) is 12.1. The molecule has 0 spiro atoms. The predicted molar refractivity (Wildman–Crippen MR) is 132 cm³/mol. The van der Waals surface area contributed by atoms with E-state index >= 15 is 0 Å². The van der Waals surface area contributed by atoms with Crippen LogP contribution in [0.25, 0.3) is 22.3 Å². The van der Waals surface area contributed by atoms with Gasteiger partial charge in [-0.05, 0) is 73.9 Å². The van der Waals surface area contributed by atoms with Gasteiger partial charge in [0.1, 0.15) is 5.82 Å². The SMILES string of the molecule is N#Cc1ccnc(OC(=O)Nc2cc(C3CC3)cc(-c3ccc4ncn(C5CCCC5O)c4c3)n2)c1. The van der Waals surface area contributed by atoms with Crippen LogP contribution >= 0.6 is 0 Å². The van der Waals surface area contributed by atoms with Crippen molar-refractivity contribution in [1.82, 2.24) is 19.5 Å². The Bertz CT molecular complexity index is 1500. The number of hydrogen-bond acceptors (Lipinski definition) is 7. The Morgan fingerprint density at radius 3 is 2.78 bits per heavy atom. The minimum atomic E-state index is -0.729. The van der Waals surface area contributed by atoms with Crippen LogP contribution in [0.3, 0.4) is 0 Å².